The zero-order valence-corrected chi connectivity index (χ0v) is 17.9. The molecular weight excluding hydrogens is 390 g/mol. The second kappa shape index (κ2) is 8.73. The Labute approximate surface area is 180 Å². The van der Waals surface area contributed by atoms with Gasteiger partial charge < -0.3 is 0 Å². The zero-order valence-electron chi connectivity index (χ0n) is 17.1. The number of carbonyl (C=O) groups is 1. The predicted octanol–water partition coefficient (Wildman–Crippen LogP) is 6.08. The van der Waals surface area contributed by atoms with Crippen molar-refractivity contribution in [1.29, 1.82) is 5.26 Å². The van der Waals surface area contributed by atoms with E-state index in [-0.39, 0.29) is 5.91 Å². The standard InChI is InChI=1S/C25H23N3OS/c1-17(2)15-19-12-11-18(16-26)25(27-19)30-14-13-24(29)28-22-9-5-3-7-20(22)21-8-4-6-10-23(21)28/h3-12,17H,13-15H2,1-2H3. The van der Waals surface area contributed by atoms with Crippen LogP contribution in [0.25, 0.3) is 21.8 Å². The van der Waals surface area contributed by atoms with Crippen LogP contribution in [0, 0.1) is 17.2 Å². The fraction of sp³-hybridized carbons (Fsp3) is 0.240. The Morgan fingerprint density at radius 2 is 1.67 bits per heavy atom. The van der Waals surface area contributed by atoms with Crippen molar-refractivity contribution in [3.63, 3.8) is 0 Å². The Kier molecular flexibility index (Phi) is 5.87. The minimum Gasteiger partial charge on any atom is -0.280 e. The monoisotopic (exact) mass is 413 g/mol. The molecule has 0 aliphatic carbocycles. The maximum atomic E-state index is 13.2. The molecule has 0 aliphatic rings. The summed E-state index contributed by atoms with van der Waals surface area (Å²) in [5, 5.41) is 12.3. The predicted molar refractivity (Wildman–Crippen MR) is 123 cm³/mol. The first kappa shape index (κ1) is 20.2. The molecule has 0 saturated carbocycles. The van der Waals surface area contributed by atoms with Gasteiger partial charge in [-0.1, -0.05) is 50.2 Å². The van der Waals surface area contributed by atoms with Crippen molar-refractivity contribution in [3.8, 4) is 6.07 Å². The number of fused-ring (bicyclic) bond motifs is 3. The van der Waals surface area contributed by atoms with E-state index in [4.69, 9.17) is 0 Å². The molecule has 0 saturated heterocycles. The Bertz CT molecular complexity index is 1210. The van der Waals surface area contributed by atoms with Crippen molar-refractivity contribution in [1.82, 2.24) is 9.55 Å². The topological polar surface area (TPSA) is 58.7 Å². The molecule has 4 aromatic rings. The summed E-state index contributed by atoms with van der Waals surface area (Å²) in [7, 11) is 0. The van der Waals surface area contributed by atoms with Crippen LogP contribution >= 0.6 is 11.8 Å². The Balaban J connectivity index is 1.56. The summed E-state index contributed by atoms with van der Waals surface area (Å²) in [6.45, 7) is 4.30. The van der Waals surface area contributed by atoms with Crippen LogP contribution in [0.3, 0.4) is 0 Å². The van der Waals surface area contributed by atoms with Gasteiger partial charge in [-0.2, -0.15) is 5.26 Å². The van der Waals surface area contributed by atoms with Gasteiger partial charge in [0.25, 0.3) is 0 Å². The quantitative estimate of drug-likeness (QED) is 0.359. The molecule has 4 nitrogen and oxygen atoms in total. The molecule has 0 atom stereocenters. The Morgan fingerprint density at radius 3 is 2.27 bits per heavy atom. The summed E-state index contributed by atoms with van der Waals surface area (Å²) >= 11 is 1.48. The fourth-order valence-electron chi connectivity index (χ4n) is 3.74. The lowest BCUT2D eigenvalue weighted by Crippen LogP contribution is -2.11. The van der Waals surface area contributed by atoms with Crippen molar-refractivity contribution in [2.75, 3.05) is 5.75 Å². The third-order valence-electron chi connectivity index (χ3n) is 5.04. The molecule has 0 spiro atoms. The van der Waals surface area contributed by atoms with E-state index in [0.29, 0.717) is 28.7 Å². The molecule has 5 heteroatoms. The summed E-state index contributed by atoms with van der Waals surface area (Å²) in [5.74, 6) is 1.13. The molecule has 0 amide bonds. The lowest BCUT2D eigenvalue weighted by atomic mass is 10.1. The molecule has 2 heterocycles. The number of para-hydroxylation sites is 2. The summed E-state index contributed by atoms with van der Waals surface area (Å²) in [5.41, 5.74) is 3.42. The van der Waals surface area contributed by atoms with Crippen molar-refractivity contribution in [2.24, 2.45) is 5.92 Å². The second-order valence-electron chi connectivity index (χ2n) is 7.73. The van der Waals surface area contributed by atoms with Crippen LogP contribution in [0.5, 0.6) is 0 Å². The van der Waals surface area contributed by atoms with Crippen LogP contribution in [0.1, 0.15) is 36.3 Å². The van der Waals surface area contributed by atoms with Crippen molar-refractivity contribution >= 4 is 39.5 Å². The molecule has 0 radical (unpaired) electrons. The molecule has 0 fully saturated rings. The van der Waals surface area contributed by atoms with E-state index in [2.05, 4.69) is 37.0 Å². The number of thioether (sulfide) groups is 1. The normalized spacial score (nSPS) is 11.3. The van der Waals surface area contributed by atoms with E-state index in [1.54, 1.807) is 0 Å². The minimum atomic E-state index is 0.0525. The number of benzene rings is 2. The van der Waals surface area contributed by atoms with Gasteiger partial charge in [-0.25, -0.2) is 4.98 Å². The number of pyridine rings is 1. The molecule has 4 rings (SSSR count). The largest absolute Gasteiger partial charge is 0.280 e. The number of nitrogens with zero attached hydrogens (tertiary/aromatic N) is 3. The number of aromatic nitrogens is 2. The SMILES string of the molecule is CC(C)Cc1ccc(C#N)c(SCCC(=O)n2c3ccccc3c3ccccc32)n1. The molecular formula is C25H23N3OS. The summed E-state index contributed by atoms with van der Waals surface area (Å²) in [6.07, 6.45) is 1.24. The van der Waals surface area contributed by atoms with E-state index in [9.17, 15) is 10.1 Å². The third-order valence-corrected chi connectivity index (χ3v) is 6.03. The first-order chi connectivity index (χ1) is 14.6. The van der Waals surface area contributed by atoms with E-state index in [0.717, 1.165) is 33.9 Å². The summed E-state index contributed by atoms with van der Waals surface area (Å²) in [4.78, 5) is 17.8. The van der Waals surface area contributed by atoms with Crippen molar-refractivity contribution in [2.45, 2.75) is 31.7 Å². The summed E-state index contributed by atoms with van der Waals surface area (Å²) < 4.78 is 1.82. The van der Waals surface area contributed by atoms with E-state index in [1.807, 2.05) is 53.1 Å². The molecule has 0 aliphatic heterocycles. The number of hydrogen-bond acceptors (Lipinski definition) is 4. The number of carbonyl (C=O) groups excluding carboxylic acids is 1. The van der Waals surface area contributed by atoms with Gasteiger partial charge in [0.05, 0.1) is 16.6 Å². The van der Waals surface area contributed by atoms with Gasteiger partial charge in [-0.15, -0.1) is 11.8 Å². The Morgan fingerprint density at radius 1 is 1.03 bits per heavy atom. The highest BCUT2D eigenvalue weighted by Crippen LogP contribution is 2.29. The van der Waals surface area contributed by atoms with E-state index in [1.165, 1.54) is 11.8 Å². The minimum absolute atomic E-state index is 0.0525. The highest BCUT2D eigenvalue weighted by atomic mass is 32.2. The molecule has 2 aromatic heterocycles. The highest BCUT2D eigenvalue weighted by molar-refractivity contribution is 7.99. The van der Waals surface area contributed by atoms with Crippen molar-refractivity contribution in [3.05, 3.63) is 71.9 Å². The molecule has 30 heavy (non-hydrogen) atoms. The van der Waals surface area contributed by atoms with Crippen LogP contribution < -0.4 is 0 Å². The fourth-order valence-corrected chi connectivity index (χ4v) is 4.66. The van der Waals surface area contributed by atoms with Gasteiger partial charge >= 0.3 is 0 Å². The molecule has 0 N–H and O–H groups in total. The third kappa shape index (κ3) is 3.96. The van der Waals surface area contributed by atoms with E-state index < -0.39 is 0 Å². The first-order valence-corrected chi connectivity index (χ1v) is 11.1. The van der Waals surface area contributed by atoms with Gasteiger partial charge in [0.1, 0.15) is 11.1 Å². The Hall–Kier alpha value is -3.10. The second-order valence-corrected chi connectivity index (χ2v) is 8.81. The highest BCUT2D eigenvalue weighted by Gasteiger charge is 2.16. The van der Waals surface area contributed by atoms with Crippen LogP contribution in [0.15, 0.2) is 65.7 Å². The first-order valence-electron chi connectivity index (χ1n) is 10.1. The van der Waals surface area contributed by atoms with Gasteiger partial charge in [0.15, 0.2) is 0 Å². The summed E-state index contributed by atoms with van der Waals surface area (Å²) in [6, 6.07) is 22.0. The van der Waals surface area contributed by atoms with Gasteiger partial charge in [0.2, 0.25) is 5.91 Å². The number of hydrogen-bond donors (Lipinski definition) is 0. The van der Waals surface area contributed by atoms with Gasteiger partial charge in [0, 0.05) is 28.6 Å². The molecule has 0 bridgehead atoms. The lowest BCUT2D eigenvalue weighted by Gasteiger charge is -2.09. The maximum absolute atomic E-state index is 13.2. The van der Waals surface area contributed by atoms with Gasteiger partial charge in [-0.3, -0.25) is 9.36 Å². The number of nitriles is 1. The molecule has 150 valence electrons. The smallest absolute Gasteiger partial charge is 0.232 e. The number of rotatable bonds is 6. The lowest BCUT2D eigenvalue weighted by molar-refractivity contribution is 0.0920. The molecule has 2 aromatic carbocycles. The van der Waals surface area contributed by atoms with Crippen LogP contribution in [0.2, 0.25) is 0 Å². The zero-order chi connectivity index (χ0) is 21.1. The van der Waals surface area contributed by atoms with Crippen molar-refractivity contribution < 1.29 is 4.79 Å². The van der Waals surface area contributed by atoms with Gasteiger partial charge in [-0.05, 0) is 36.6 Å². The average molecular weight is 414 g/mol. The maximum Gasteiger partial charge on any atom is 0.232 e. The van der Waals surface area contributed by atoms with Crippen LogP contribution in [0.4, 0.5) is 0 Å². The van der Waals surface area contributed by atoms with E-state index >= 15 is 0 Å². The van der Waals surface area contributed by atoms with Crippen LogP contribution in [-0.4, -0.2) is 21.2 Å². The van der Waals surface area contributed by atoms with Crippen LogP contribution in [-0.2, 0) is 6.42 Å². The molecule has 0 unspecified atom stereocenters. The average Bonchev–Trinajstić information content (AvgIpc) is 3.08.